The third kappa shape index (κ3) is 2.87. The predicted molar refractivity (Wildman–Crippen MR) is 89.2 cm³/mol. The van der Waals surface area contributed by atoms with Crippen LogP contribution in [0.3, 0.4) is 0 Å². The first-order chi connectivity index (χ1) is 10.8. The van der Waals surface area contributed by atoms with Crippen LogP contribution in [0.2, 0.25) is 5.02 Å². The van der Waals surface area contributed by atoms with Crippen molar-refractivity contribution in [3.8, 4) is 5.75 Å². The largest absolute Gasteiger partial charge is 0.495 e. The minimum atomic E-state index is -3.92. The average molecular weight is 373 g/mol. The molecule has 0 aliphatic rings. The Morgan fingerprint density at radius 1 is 1.35 bits per heavy atom. The van der Waals surface area contributed by atoms with E-state index >= 15 is 0 Å². The molecule has 0 atom stereocenters. The number of aryl methyl sites for hydroxylation is 2. The summed E-state index contributed by atoms with van der Waals surface area (Å²) < 4.78 is 34.1. The van der Waals surface area contributed by atoms with Gasteiger partial charge in [-0.15, -0.1) is 5.10 Å². The molecule has 1 aromatic carbocycles. The molecule has 0 radical (unpaired) electrons. The SMILES string of the molecule is COc1ccc(Cl)cc1S(=O)(=O)Nc1nc2sc(C)c(C)n2n1. The summed E-state index contributed by atoms with van der Waals surface area (Å²) in [5, 5.41) is 4.46. The Hall–Kier alpha value is -1.84. The lowest BCUT2D eigenvalue weighted by Gasteiger charge is -2.09. The van der Waals surface area contributed by atoms with Crippen LogP contribution in [0.25, 0.3) is 4.96 Å². The molecule has 7 nitrogen and oxygen atoms in total. The molecule has 10 heteroatoms. The average Bonchev–Trinajstić information content (AvgIpc) is 2.98. The fraction of sp³-hybridized carbons (Fsp3) is 0.231. The highest BCUT2D eigenvalue weighted by molar-refractivity contribution is 7.92. The standard InChI is InChI=1S/C13H13ClN4O3S2/c1-7-8(2)22-13-15-12(16-18(7)13)17-23(19,20)11-6-9(14)4-5-10(11)21-3/h4-6H,1-3H3,(H,16,17). The number of rotatable bonds is 4. The molecule has 1 N–H and O–H groups in total. The van der Waals surface area contributed by atoms with Gasteiger partial charge in [0, 0.05) is 9.90 Å². The molecule has 3 rings (SSSR count). The number of methoxy groups -OCH3 is 1. The van der Waals surface area contributed by atoms with E-state index < -0.39 is 10.0 Å². The first-order valence-corrected chi connectivity index (χ1v) is 9.18. The second kappa shape index (κ2) is 5.66. The fourth-order valence-corrected chi connectivity index (χ4v) is 4.30. The Kier molecular flexibility index (Phi) is 3.95. The summed E-state index contributed by atoms with van der Waals surface area (Å²) in [5.41, 5.74) is 0.920. The predicted octanol–water partition coefficient (Wildman–Crippen LogP) is 2.87. The molecule has 0 bridgehead atoms. The van der Waals surface area contributed by atoms with Gasteiger partial charge in [-0.3, -0.25) is 0 Å². The fourth-order valence-electron chi connectivity index (χ4n) is 2.02. The lowest BCUT2D eigenvalue weighted by Crippen LogP contribution is -2.15. The topological polar surface area (TPSA) is 85.6 Å². The zero-order valence-corrected chi connectivity index (χ0v) is 14.9. The van der Waals surface area contributed by atoms with Crippen LogP contribution in [0, 0.1) is 13.8 Å². The van der Waals surface area contributed by atoms with Gasteiger partial charge in [-0.25, -0.2) is 17.7 Å². The molecular formula is C13H13ClN4O3S2. The highest BCUT2D eigenvalue weighted by Crippen LogP contribution is 2.29. The molecule has 0 aliphatic carbocycles. The number of benzene rings is 1. The minimum absolute atomic E-state index is 0.00128. The second-order valence-corrected chi connectivity index (χ2v) is 8.04. The van der Waals surface area contributed by atoms with Crippen LogP contribution in [-0.2, 0) is 10.0 Å². The molecule has 2 aromatic heterocycles. The zero-order valence-electron chi connectivity index (χ0n) is 12.5. The van der Waals surface area contributed by atoms with Crippen LogP contribution in [0.15, 0.2) is 23.1 Å². The van der Waals surface area contributed by atoms with Crippen molar-refractivity contribution in [2.24, 2.45) is 0 Å². The molecule has 0 unspecified atom stereocenters. The normalized spacial score (nSPS) is 11.8. The van der Waals surface area contributed by atoms with Gasteiger partial charge in [-0.1, -0.05) is 22.9 Å². The van der Waals surface area contributed by atoms with E-state index in [9.17, 15) is 8.42 Å². The van der Waals surface area contributed by atoms with E-state index in [1.807, 2.05) is 13.8 Å². The van der Waals surface area contributed by atoms with E-state index in [2.05, 4.69) is 14.8 Å². The third-order valence-electron chi connectivity index (χ3n) is 3.29. The Morgan fingerprint density at radius 2 is 2.09 bits per heavy atom. The number of anilines is 1. The number of hydrogen-bond acceptors (Lipinski definition) is 6. The Morgan fingerprint density at radius 3 is 2.74 bits per heavy atom. The minimum Gasteiger partial charge on any atom is -0.495 e. The van der Waals surface area contributed by atoms with E-state index in [1.54, 1.807) is 10.6 Å². The maximum absolute atomic E-state index is 12.5. The number of ether oxygens (including phenoxy) is 1. The number of fused-ring (bicyclic) bond motifs is 1. The number of halogens is 1. The van der Waals surface area contributed by atoms with Gasteiger partial charge in [0.15, 0.2) is 0 Å². The van der Waals surface area contributed by atoms with Gasteiger partial charge in [0.05, 0.1) is 12.8 Å². The van der Waals surface area contributed by atoms with Gasteiger partial charge in [0.2, 0.25) is 4.96 Å². The van der Waals surface area contributed by atoms with Crippen LogP contribution in [0.1, 0.15) is 10.6 Å². The Balaban J connectivity index is 2.01. The number of hydrogen-bond donors (Lipinski definition) is 1. The molecule has 2 heterocycles. The maximum atomic E-state index is 12.5. The van der Waals surface area contributed by atoms with E-state index in [1.165, 1.54) is 30.6 Å². The molecule has 0 saturated heterocycles. The number of sulfonamides is 1. The number of nitrogens with zero attached hydrogens (tertiary/aromatic N) is 3. The molecule has 0 spiro atoms. The lowest BCUT2D eigenvalue weighted by molar-refractivity contribution is 0.403. The molecule has 0 fully saturated rings. The highest BCUT2D eigenvalue weighted by atomic mass is 35.5. The van der Waals surface area contributed by atoms with Crippen molar-refractivity contribution in [1.82, 2.24) is 14.6 Å². The van der Waals surface area contributed by atoms with Crippen molar-refractivity contribution in [2.45, 2.75) is 18.7 Å². The van der Waals surface area contributed by atoms with Crippen LogP contribution < -0.4 is 9.46 Å². The van der Waals surface area contributed by atoms with Crippen molar-refractivity contribution in [1.29, 1.82) is 0 Å². The van der Waals surface area contributed by atoms with Gasteiger partial charge < -0.3 is 4.74 Å². The van der Waals surface area contributed by atoms with E-state index in [4.69, 9.17) is 16.3 Å². The molecule has 23 heavy (non-hydrogen) atoms. The quantitative estimate of drug-likeness (QED) is 0.761. The van der Waals surface area contributed by atoms with E-state index in [-0.39, 0.29) is 21.6 Å². The summed E-state index contributed by atoms with van der Waals surface area (Å²) in [5.74, 6) is 0.191. The monoisotopic (exact) mass is 372 g/mol. The van der Waals surface area contributed by atoms with E-state index in [0.717, 1.165) is 10.6 Å². The van der Waals surface area contributed by atoms with Gasteiger partial charge >= 0.3 is 0 Å². The summed E-state index contributed by atoms with van der Waals surface area (Å²) >= 11 is 7.33. The van der Waals surface area contributed by atoms with Crippen molar-refractivity contribution >= 4 is 43.9 Å². The van der Waals surface area contributed by atoms with Crippen LogP contribution in [0.5, 0.6) is 5.75 Å². The molecule has 0 aliphatic heterocycles. The van der Waals surface area contributed by atoms with Crippen molar-refractivity contribution < 1.29 is 13.2 Å². The van der Waals surface area contributed by atoms with Gasteiger partial charge in [-0.2, -0.15) is 4.98 Å². The second-order valence-electron chi connectivity index (χ2n) is 4.77. The van der Waals surface area contributed by atoms with Crippen molar-refractivity contribution in [3.63, 3.8) is 0 Å². The molecule has 122 valence electrons. The zero-order chi connectivity index (χ0) is 16.8. The smallest absolute Gasteiger partial charge is 0.268 e. The Bertz CT molecular complexity index is 994. The van der Waals surface area contributed by atoms with Gasteiger partial charge in [0.1, 0.15) is 10.6 Å². The highest BCUT2D eigenvalue weighted by Gasteiger charge is 2.22. The van der Waals surface area contributed by atoms with Gasteiger partial charge in [-0.05, 0) is 32.0 Å². The molecule has 3 aromatic rings. The summed E-state index contributed by atoms with van der Waals surface area (Å²) in [6, 6.07) is 4.36. The maximum Gasteiger partial charge on any atom is 0.268 e. The van der Waals surface area contributed by atoms with Crippen LogP contribution >= 0.6 is 22.9 Å². The number of thiazole rings is 1. The summed E-state index contributed by atoms with van der Waals surface area (Å²) in [6.45, 7) is 3.85. The summed E-state index contributed by atoms with van der Waals surface area (Å²) in [7, 11) is -2.53. The molecule has 0 saturated carbocycles. The lowest BCUT2D eigenvalue weighted by atomic mass is 10.3. The van der Waals surface area contributed by atoms with Gasteiger partial charge in [0.25, 0.3) is 16.0 Å². The van der Waals surface area contributed by atoms with Crippen molar-refractivity contribution in [2.75, 3.05) is 11.8 Å². The Labute approximate surface area is 141 Å². The third-order valence-corrected chi connectivity index (χ3v) is 5.92. The molecule has 0 amide bonds. The first kappa shape index (κ1) is 16.0. The number of nitrogens with one attached hydrogen (secondary N) is 1. The molecular weight excluding hydrogens is 360 g/mol. The number of aromatic nitrogens is 3. The van der Waals surface area contributed by atoms with Crippen molar-refractivity contribution in [3.05, 3.63) is 33.8 Å². The first-order valence-electron chi connectivity index (χ1n) is 6.51. The van der Waals surface area contributed by atoms with Crippen LogP contribution in [0.4, 0.5) is 5.95 Å². The summed E-state index contributed by atoms with van der Waals surface area (Å²) in [6.07, 6.45) is 0. The van der Waals surface area contributed by atoms with Crippen LogP contribution in [-0.4, -0.2) is 30.1 Å². The summed E-state index contributed by atoms with van der Waals surface area (Å²) in [4.78, 5) is 5.81. The van der Waals surface area contributed by atoms with E-state index in [0.29, 0.717) is 4.96 Å².